The molecule has 1 saturated carbocycles. The van der Waals surface area contributed by atoms with E-state index in [4.69, 9.17) is 14.2 Å². The minimum absolute atomic E-state index is 0.118. The van der Waals surface area contributed by atoms with E-state index in [1.807, 2.05) is 12.1 Å². The Labute approximate surface area is 171 Å². The fraction of sp³-hybridized carbons (Fsp3) is 0.545. The molecule has 0 spiro atoms. The molecule has 7 heteroatoms. The van der Waals surface area contributed by atoms with Crippen molar-refractivity contribution < 1.29 is 19.3 Å². The molecule has 4 rings (SSSR count). The molecule has 3 atom stereocenters. The van der Waals surface area contributed by atoms with Gasteiger partial charge in [-0.2, -0.15) is 4.98 Å². The standard InChI is InChI=1S/C22H29N3O4/c1-27-17-8-4-6-15(10-17)12-25-13-16-7-5-9-22(26,19(16)14-25)18-11-23-21(29-3)24-20(18)28-2/h4,6,8,10-11,16,19,26H,5,7,9,12-14H2,1-3H3/t16-,19-,22+/m1/s1. The van der Waals surface area contributed by atoms with Crippen molar-refractivity contribution in [3.05, 3.63) is 41.6 Å². The van der Waals surface area contributed by atoms with Gasteiger partial charge < -0.3 is 19.3 Å². The van der Waals surface area contributed by atoms with Gasteiger partial charge in [0.1, 0.15) is 11.4 Å². The third-order valence-corrected chi connectivity index (χ3v) is 6.38. The maximum Gasteiger partial charge on any atom is 0.319 e. The van der Waals surface area contributed by atoms with E-state index in [9.17, 15) is 5.11 Å². The van der Waals surface area contributed by atoms with Crippen molar-refractivity contribution >= 4 is 0 Å². The number of fused-ring (bicyclic) bond motifs is 1. The molecule has 2 fully saturated rings. The Morgan fingerprint density at radius 2 is 2.03 bits per heavy atom. The van der Waals surface area contributed by atoms with E-state index in [2.05, 4.69) is 27.0 Å². The van der Waals surface area contributed by atoms with Crippen molar-refractivity contribution in [3.8, 4) is 17.6 Å². The lowest BCUT2D eigenvalue weighted by molar-refractivity contribution is -0.0669. The zero-order valence-corrected chi connectivity index (χ0v) is 17.3. The molecule has 1 aromatic heterocycles. The summed E-state index contributed by atoms with van der Waals surface area (Å²) >= 11 is 0. The number of methoxy groups -OCH3 is 3. The summed E-state index contributed by atoms with van der Waals surface area (Å²) in [5, 5.41) is 11.8. The first-order valence-electron chi connectivity index (χ1n) is 10.1. The van der Waals surface area contributed by atoms with Crippen molar-refractivity contribution in [2.45, 2.75) is 31.4 Å². The molecule has 156 valence electrons. The van der Waals surface area contributed by atoms with Crippen LogP contribution in [0.5, 0.6) is 17.6 Å². The molecule has 0 radical (unpaired) electrons. The van der Waals surface area contributed by atoms with E-state index in [-0.39, 0.29) is 11.9 Å². The highest BCUT2D eigenvalue weighted by Gasteiger charge is 2.51. The summed E-state index contributed by atoms with van der Waals surface area (Å²) in [4.78, 5) is 11.0. The topological polar surface area (TPSA) is 76.9 Å². The predicted molar refractivity (Wildman–Crippen MR) is 108 cm³/mol. The summed E-state index contributed by atoms with van der Waals surface area (Å²) in [6.45, 7) is 2.65. The number of likely N-dealkylation sites (tertiary alicyclic amines) is 1. The molecular formula is C22H29N3O4. The average Bonchev–Trinajstić information content (AvgIpc) is 3.17. The summed E-state index contributed by atoms with van der Waals surface area (Å²) in [6.07, 6.45) is 4.45. The van der Waals surface area contributed by atoms with Crippen LogP contribution in [0.4, 0.5) is 0 Å². The molecule has 2 heterocycles. The lowest BCUT2D eigenvalue weighted by Gasteiger charge is -2.41. The summed E-state index contributed by atoms with van der Waals surface area (Å²) in [7, 11) is 4.78. The van der Waals surface area contributed by atoms with Crippen LogP contribution in [0.15, 0.2) is 30.5 Å². The molecule has 1 aliphatic carbocycles. The number of aromatic nitrogens is 2. The van der Waals surface area contributed by atoms with Gasteiger partial charge in [-0.05, 0) is 42.9 Å². The number of aliphatic hydroxyl groups is 1. The molecule has 7 nitrogen and oxygen atoms in total. The quantitative estimate of drug-likeness (QED) is 0.800. The van der Waals surface area contributed by atoms with Crippen LogP contribution in [0.2, 0.25) is 0 Å². The number of benzene rings is 1. The van der Waals surface area contributed by atoms with Gasteiger partial charge in [-0.3, -0.25) is 4.90 Å². The van der Waals surface area contributed by atoms with Gasteiger partial charge in [0.15, 0.2) is 0 Å². The molecule has 2 aromatic rings. The molecule has 0 bridgehead atoms. The number of ether oxygens (including phenoxy) is 3. The summed E-state index contributed by atoms with van der Waals surface area (Å²) in [6, 6.07) is 8.42. The monoisotopic (exact) mass is 399 g/mol. The normalized spacial score (nSPS) is 26.8. The molecule has 1 N–H and O–H groups in total. The van der Waals surface area contributed by atoms with Gasteiger partial charge in [-0.15, -0.1) is 0 Å². The molecule has 29 heavy (non-hydrogen) atoms. The molecule has 1 aliphatic heterocycles. The summed E-state index contributed by atoms with van der Waals surface area (Å²) in [5.41, 5.74) is 0.888. The Morgan fingerprint density at radius 1 is 1.17 bits per heavy atom. The van der Waals surface area contributed by atoms with Crippen LogP contribution >= 0.6 is 0 Å². The zero-order valence-electron chi connectivity index (χ0n) is 17.3. The molecule has 0 unspecified atom stereocenters. The van der Waals surface area contributed by atoms with Crippen LogP contribution in [-0.2, 0) is 12.1 Å². The zero-order chi connectivity index (χ0) is 20.4. The van der Waals surface area contributed by atoms with Crippen molar-refractivity contribution in [1.29, 1.82) is 0 Å². The number of hydrogen-bond donors (Lipinski definition) is 1. The molecule has 1 aromatic carbocycles. The fourth-order valence-electron chi connectivity index (χ4n) is 5.01. The van der Waals surface area contributed by atoms with Crippen LogP contribution in [-0.4, -0.2) is 54.4 Å². The third-order valence-electron chi connectivity index (χ3n) is 6.38. The Bertz CT molecular complexity index is 862. The fourth-order valence-corrected chi connectivity index (χ4v) is 5.01. The number of hydrogen-bond acceptors (Lipinski definition) is 7. The second kappa shape index (κ2) is 8.16. The van der Waals surface area contributed by atoms with E-state index >= 15 is 0 Å². The lowest BCUT2D eigenvalue weighted by atomic mass is 9.68. The van der Waals surface area contributed by atoms with Gasteiger partial charge in [-0.1, -0.05) is 12.1 Å². The second-order valence-electron chi connectivity index (χ2n) is 8.01. The maximum atomic E-state index is 11.8. The van der Waals surface area contributed by atoms with E-state index in [0.29, 0.717) is 23.8 Å². The van der Waals surface area contributed by atoms with E-state index in [1.54, 1.807) is 20.4 Å². The van der Waals surface area contributed by atoms with E-state index < -0.39 is 5.60 Å². The average molecular weight is 399 g/mol. The first-order valence-corrected chi connectivity index (χ1v) is 10.1. The van der Waals surface area contributed by atoms with Crippen molar-refractivity contribution in [3.63, 3.8) is 0 Å². The molecule has 0 amide bonds. The minimum Gasteiger partial charge on any atom is -0.497 e. The Kier molecular flexibility index (Phi) is 5.61. The summed E-state index contributed by atoms with van der Waals surface area (Å²) in [5.74, 6) is 1.82. The van der Waals surface area contributed by atoms with Crippen molar-refractivity contribution in [1.82, 2.24) is 14.9 Å². The first-order chi connectivity index (χ1) is 14.1. The smallest absolute Gasteiger partial charge is 0.319 e. The van der Waals surface area contributed by atoms with Gasteiger partial charge in [0, 0.05) is 31.7 Å². The molecule has 1 saturated heterocycles. The van der Waals surface area contributed by atoms with Crippen molar-refractivity contribution in [2.75, 3.05) is 34.4 Å². The third kappa shape index (κ3) is 3.76. The van der Waals surface area contributed by atoms with Gasteiger partial charge in [0.2, 0.25) is 5.88 Å². The number of rotatable bonds is 6. The van der Waals surface area contributed by atoms with Crippen LogP contribution in [0.25, 0.3) is 0 Å². The van der Waals surface area contributed by atoms with Crippen LogP contribution < -0.4 is 14.2 Å². The SMILES string of the molecule is COc1cccc(CN2C[C@H]3CCC[C@](O)(c4cnc(OC)nc4OC)[C@@H]3C2)c1. The maximum absolute atomic E-state index is 11.8. The largest absolute Gasteiger partial charge is 0.497 e. The van der Waals surface area contributed by atoms with Gasteiger partial charge in [0.25, 0.3) is 0 Å². The van der Waals surface area contributed by atoms with Gasteiger partial charge in [0.05, 0.1) is 26.9 Å². The summed E-state index contributed by atoms with van der Waals surface area (Å²) < 4.78 is 16.0. The first kappa shape index (κ1) is 19.9. The Balaban J connectivity index is 1.58. The van der Waals surface area contributed by atoms with Gasteiger partial charge >= 0.3 is 6.01 Å². The highest BCUT2D eigenvalue weighted by atomic mass is 16.5. The van der Waals surface area contributed by atoms with Crippen LogP contribution in [0, 0.1) is 11.8 Å². The lowest BCUT2D eigenvalue weighted by Crippen LogP contribution is -2.43. The van der Waals surface area contributed by atoms with Crippen molar-refractivity contribution in [2.24, 2.45) is 11.8 Å². The van der Waals surface area contributed by atoms with E-state index in [0.717, 1.165) is 38.2 Å². The Hall–Kier alpha value is -2.38. The highest BCUT2D eigenvalue weighted by molar-refractivity contribution is 5.34. The van der Waals surface area contributed by atoms with Crippen LogP contribution in [0.1, 0.15) is 30.4 Å². The second-order valence-corrected chi connectivity index (χ2v) is 8.01. The van der Waals surface area contributed by atoms with Gasteiger partial charge in [-0.25, -0.2) is 4.98 Å². The Morgan fingerprint density at radius 3 is 2.79 bits per heavy atom. The molecule has 2 aliphatic rings. The number of nitrogens with zero attached hydrogens (tertiary/aromatic N) is 3. The molecular weight excluding hydrogens is 370 g/mol. The van der Waals surface area contributed by atoms with Crippen LogP contribution in [0.3, 0.4) is 0 Å². The van der Waals surface area contributed by atoms with E-state index in [1.165, 1.54) is 12.7 Å². The predicted octanol–water partition coefficient (Wildman–Crippen LogP) is 2.62. The minimum atomic E-state index is -0.996. The highest BCUT2D eigenvalue weighted by Crippen LogP contribution is 2.50.